The highest BCUT2D eigenvalue weighted by Crippen LogP contribution is 2.27. The first-order valence-electron chi connectivity index (χ1n) is 7.97. The van der Waals surface area contributed by atoms with Gasteiger partial charge in [-0.25, -0.2) is 0 Å². The van der Waals surface area contributed by atoms with E-state index in [9.17, 15) is 15.2 Å². The predicted octanol–water partition coefficient (Wildman–Crippen LogP) is 0.997. The standard InChI is InChI=1S/C17H22BNO3S/c20-17(12-14-4-2-1-3-5-14)8-10-19(11-9-17)13-15-6-7-16(23-15)18(21)22/h1-7,20-22H,8-13H2. The fourth-order valence-electron chi connectivity index (χ4n) is 3.12. The summed E-state index contributed by atoms with van der Waals surface area (Å²) >= 11 is 1.43. The van der Waals surface area contributed by atoms with Crippen molar-refractivity contribution in [2.24, 2.45) is 0 Å². The number of rotatable bonds is 5. The summed E-state index contributed by atoms with van der Waals surface area (Å²) in [4.78, 5) is 3.44. The van der Waals surface area contributed by atoms with Crippen molar-refractivity contribution in [1.82, 2.24) is 4.90 Å². The molecule has 3 N–H and O–H groups in total. The average molecular weight is 331 g/mol. The summed E-state index contributed by atoms with van der Waals surface area (Å²) in [6.45, 7) is 2.52. The summed E-state index contributed by atoms with van der Waals surface area (Å²) in [5.74, 6) is 0. The third kappa shape index (κ3) is 4.43. The van der Waals surface area contributed by atoms with E-state index < -0.39 is 12.7 Å². The molecule has 4 nitrogen and oxygen atoms in total. The average Bonchev–Trinajstić information content (AvgIpc) is 3.00. The number of benzene rings is 1. The third-order valence-electron chi connectivity index (χ3n) is 4.48. The van der Waals surface area contributed by atoms with Crippen molar-refractivity contribution in [2.45, 2.75) is 31.4 Å². The monoisotopic (exact) mass is 331 g/mol. The second kappa shape index (κ2) is 7.15. The highest BCUT2D eigenvalue weighted by Gasteiger charge is 2.32. The summed E-state index contributed by atoms with van der Waals surface area (Å²) in [6, 6.07) is 13.9. The topological polar surface area (TPSA) is 63.9 Å². The SMILES string of the molecule is OB(O)c1ccc(CN2CCC(O)(Cc3ccccc3)CC2)s1. The molecular formula is C17H22BNO3S. The Bertz CT molecular complexity index is 624. The van der Waals surface area contributed by atoms with Crippen molar-refractivity contribution >= 4 is 23.2 Å². The minimum atomic E-state index is -1.38. The van der Waals surface area contributed by atoms with Gasteiger partial charge in [-0.2, -0.15) is 0 Å². The normalized spacial score (nSPS) is 18.0. The first-order chi connectivity index (χ1) is 11.0. The van der Waals surface area contributed by atoms with Gasteiger partial charge in [-0.05, 0) is 24.5 Å². The summed E-state index contributed by atoms with van der Waals surface area (Å²) in [6.07, 6.45) is 2.24. The Balaban J connectivity index is 1.53. The molecule has 3 rings (SSSR count). The molecule has 0 spiro atoms. The summed E-state index contributed by atoms with van der Waals surface area (Å²) < 4.78 is 0.581. The van der Waals surface area contributed by atoms with Gasteiger partial charge in [0, 0.05) is 35.7 Å². The molecule has 1 aliphatic rings. The van der Waals surface area contributed by atoms with E-state index in [2.05, 4.69) is 17.0 Å². The first-order valence-corrected chi connectivity index (χ1v) is 8.79. The van der Waals surface area contributed by atoms with E-state index in [1.807, 2.05) is 24.3 Å². The Hall–Kier alpha value is -1.18. The lowest BCUT2D eigenvalue weighted by Gasteiger charge is -2.38. The van der Waals surface area contributed by atoms with Crippen molar-refractivity contribution in [3.05, 3.63) is 52.9 Å². The molecule has 0 saturated carbocycles. The summed E-state index contributed by atoms with van der Waals surface area (Å²) in [5.41, 5.74) is 0.572. The largest absolute Gasteiger partial charge is 0.499 e. The van der Waals surface area contributed by atoms with Gasteiger partial charge in [0.05, 0.1) is 5.60 Å². The van der Waals surface area contributed by atoms with Gasteiger partial charge < -0.3 is 15.2 Å². The van der Waals surface area contributed by atoms with Crippen LogP contribution in [0.15, 0.2) is 42.5 Å². The third-order valence-corrected chi connectivity index (χ3v) is 5.59. The Morgan fingerprint density at radius 3 is 2.35 bits per heavy atom. The van der Waals surface area contributed by atoms with Crippen LogP contribution in [0.1, 0.15) is 23.3 Å². The second-order valence-electron chi connectivity index (χ2n) is 6.34. The maximum absolute atomic E-state index is 10.8. The van der Waals surface area contributed by atoms with Gasteiger partial charge >= 0.3 is 7.12 Å². The smallest absolute Gasteiger partial charge is 0.423 e. The van der Waals surface area contributed by atoms with Gasteiger partial charge in [0.2, 0.25) is 0 Å². The number of hydrogen-bond donors (Lipinski definition) is 3. The second-order valence-corrected chi connectivity index (χ2v) is 7.54. The molecule has 122 valence electrons. The van der Waals surface area contributed by atoms with Crippen LogP contribution in [0, 0.1) is 0 Å². The highest BCUT2D eigenvalue weighted by atomic mass is 32.1. The quantitative estimate of drug-likeness (QED) is 0.715. The van der Waals surface area contributed by atoms with E-state index in [-0.39, 0.29) is 0 Å². The van der Waals surface area contributed by atoms with Crippen LogP contribution < -0.4 is 4.78 Å². The molecule has 1 saturated heterocycles. The van der Waals surface area contributed by atoms with E-state index in [0.717, 1.165) is 37.4 Å². The van der Waals surface area contributed by atoms with Crippen LogP contribution in [-0.2, 0) is 13.0 Å². The molecule has 0 amide bonds. The number of aliphatic hydroxyl groups is 1. The molecule has 23 heavy (non-hydrogen) atoms. The van der Waals surface area contributed by atoms with Crippen molar-refractivity contribution in [2.75, 3.05) is 13.1 Å². The van der Waals surface area contributed by atoms with Crippen LogP contribution in [0.4, 0.5) is 0 Å². The lowest BCUT2D eigenvalue weighted by Crippen LogP contribution is -2.45. The van der Waals surface area contributed by atoms with Gasteiger partial charge in [0.1, 0.15) is 0 Å². The molecule has 0 bridgehead atoms. The van der Waals surface area contributed by atoms with Crippen LogP contribution in [0.2, 0.25) is 0 Å². The molecule has 2 aromatic rings. The number of hydrogen-bond acceptors (Lipinski definition) is 5. The Labute approximate surface area is 141 Å². The summed E-state index contributed by atoms with van der Waals surface area (Å²) in [5, 5.41) is 29.1. The number of thiophene rings is 1. The molecule has 1 aliphatic heterocycles. The van der Waals surface area contributed by atoms with Crippen LogP contribution in [0.5, 0.6) is 0 Å². The molecule has 1 aromatic carbocycles. The van der Waals surface area contributed by atoms with Crippen molar-refractivity contribution in [1.29, 1.82) is 0 Å². The maximum Gasteiger partial charge on any atom is 0.499 e. The Morgan fingerprint density at radius 1 is 1.04 bits per heavy atom. The van der Waals surface area contributed by atoms with Gasteiger partial charge in [-0.1, -0.05) is 36.4 Å². The lowest BCUT2D eigenvalue weighted by atomic mass is 9.85. The van der Waals surface area contributed by atoms with E-state index in [1.54, 1.807) is 6.07 Å². The summed E-state index contributed by atoms with van der Waals surface area (Å²) in [7, 11) is -1.38. The molecule has 1 aromatic heterocycles. The zero-order chi connectivity index (χ0) is 16.3. The predicted molar refractivity (Wildman–Crippen MR) is 93.8 cm³/mol. The zero-order valence-corrected chi connectivity index (χ0v) is 13.9. The zero-order valence-electron chi connectivity index (χ0n) is 13.1. The van der Waals surface area contributed by atoms with Crippen LogP contribution in [0.25, 0.3) is 0 Å². The fraction of sp³-hybridized carbons (Fsp3) is 0.412. The van der Waals surface area contributed by atoms with E-state index in [4.69, 9.17) is 0 Å². The van der Waals surface area contributed by atoms with Crippen LogP contribution in [-0.4, -0.2) is 45.9 Å². The molecule has 0 unspecified atom stereocenters. The lowest BCUT2D eigenvalue weighted by molar-refractivity contribution is -0.0222. The molecule has 1 fully saturated rings. The first kappa shape index (κ1) is 16.7. The molecular weight excluding hydrogens is 309 g/mol. The van der Waals surface area contributed by atoms with Crippen molar-refractivity contribution in [3.8, 4) is 0 Å². The number of likely N-dealkylation sites (tertiary alicyclic amines) is 1. The molecule has 0 radical (unpaired) electrons. The van der Waals surface area contributed by atoms with Crippen LogP contribution in [0.3, 0.4) is 0 Å². The molecule has 2 heterocycles. The number of piperidine rings is 1. The van der Waals surface area contributed by atoms with Gasteiger partial charge in [0.15, 0.2) is 0 Å². The van der Waals surface area contributed by atoms with E-state index >= 15 is 0 Å². The van der Waals surface area contributed by atoms with E-state index in [0.29, 0.717) is 11.2 Å². The van der Waals surface area contributed by atoms with Crippen molar-refractivity contribution in [3.63, 3.8) is 0 Å². The van der Waals surface area contributed by atoms with Gasteiger partial charge in [-0.15, -0.1) is 11.3 Å². The Morgan fingerprint density at radius 2 is 1.74 bits per heavy atom. The van der Waals surface area contributed by atoms with Gasteiger partial charge in [0.25, 0.3) is 0 Å². The molecule has 6 heteroatoms. The molecule has 0 atom stereocenters. The minimum Gasteiger partial charge on any atom is -0.423 e. The molecule has 0 aliphatic carbocycles. The minimum absolute atomic E-state index is 0.581. The maximum atomic E-state index is 10.8. The highest BCUT2D eigenvalue weighted by molar-refractivity contribution is 7.22. The number of nitrogens with zero attached hydrogens (tertiary/aromatic N) is 1. The Kier molecular flexibility index (Phi) is 5.19. The van der Waals surface area contributed by atoms with Crippen molar-refractivity contribution < 1.29 is 15.2 Å². The van der Waals surface area contributed by atoms with Crippen LogP contribution >= 0.6 is 11.3 Å². The fourth-order valence-corrected chi connectivity index (χ4v) is 4.05. The van der Waals surface area contributed by atoms with E-state index in [1.165, 1.54) is 16.9 Å². The van der Waals surface area contributed by atoms with Gasteiger partial charge in [-0.3, -0.25) is 4.90 Å².